The Balaban J connectivity index is 1.73. The van der Waals surface area contributed by atoms with Crippen molar-refractivity contribution in [2.24, 2.45) is 5.73 Å². The molecule has 1 fully saturated rings. The van der Waals surface area contributed by atoms with Crippen molar-refractivity contribution < 1.29 is 9.59 Å². The summed E-state index contributed by atoms with van der Waals surface area (Å²) in [5.41, 5.74) is 5.88. The highest BCUT2D eigenvalue weighted by molar-refractivity contribution is 7.08. The van der Waals surface area contributed by atoms with E-state index in [0.717, 1.165) is 24.9 Å². The maximum absolute atomic E-state index is 12.4. The molecular weight excluding hydrogens is 290 g/mol. The second-order valence-corrected chi connectivity index (χ2v) is 5.75. The molecule has 1 aliphatic rings. The van der Waals surface area contributed by atoms with Gasteiger partial charge in [-0.3, -0.25) is 9.59 Å². The average molecular weight is 305 g/mol. The van der Waals surface area contributed by atoms with Gasteiger partial charge in [-0.15, -0.1) is 5.10 Å². The number of thiophene rings is 1. The Labute approximate surface area is 125 Å². The quantitative estimate of drug-likeness (QED) is 0.912. The third-order valence-corrected chi connectivity index (χ3v) is 4.24. The van der Waals surface area contributed by atoms with E-state index < -0.39 is 5.91 Å². The van der Waals surface area contributed by atoms with Gasteiger partial charge in [0.2, 0.25) is 5.82 Å². The number of piperidine rings is 1. The van der Waals surface area contributed by atoms with Crippen LogP contribution in [0.2, 0.25) is 0 Å². The minimum Gasteiger partial charge on any atom is -0.363 e. The molecule has 0 aromatic carbocycles. The Hall–Kier alpha value is -2.22. The molecule has 0 aliphatic carbocycles. The summed E-state index contributed by atoms with van der Waals surface area (Å²) in [6.45, 7) is 1.30. The molecule has 110 valence electrons. The number of carbonyl (C=O) groups is 2. The lowest BCUT2D eigenvalue weighted by atomic mass is 10.1. The first kappa shape index (κ1) is 13.7. The summed E-state index contributed by atoms with van der Waals surface area (Å²) in [5, 5.41) is 7.83. The Morgan fingerprint density at radius 2 is 2.29 bits per heavy atom. The molecule has 0 spiro atoms. The van der Waals surface area contributed by atoms with Crippen molar-refractivity contribution in [2.75, 3.05) is 13.1 Å². The molecule has 3 heterocycles. The average Bonchev–Trinajstić information content (AvgIpc) is 3.18. The van der Waals surface area contributed by atoms with E-state index in [2.05, 4.69) is 10.1 Å². The van der Waals surface area contributed by atoms with Crippen LogP contribution in [-0.2, 0) is 0 Å². The van der Waals surface area contributed by atoms with Crippen molar-refractivity contribution >= 4 is 23.2 Å². The first-order valence-corrected chi connectivity index (χ1v) is 7.62. The Morgan fingerprint density at radius 3 is 2.95 bits per heavy atom. The Kier molecular flexibility index (Phi) is 3.70. The molecule has 2 N–H and O–H groups in total. The first-order chi connectivity index (χ1) is 10.1. The SMILES string of the molecule is NC(=O)c1ncn([C@H]2CCCN(C(=O)c3ccsc3)C2)n1. The molecule has 0 saturated carbocycles. The third kappa shape index (κ3) is 2.80. The van der Waals surface area contributed by atoms with E-state index in [9.17, 15) is 9.59 Å². The molecule has 2 aromatic rings. The molecule has 1 aliphatic heterocycles. The molecule has 2 aromatic heterocycles. The minimum absolute atomic E-state index is 0.0104. The summed E-state index contributed by atoms with van der Waals surface area (Å²) in [4.78, 5) is 29.1. The topological polar surface area (TPSA) is 94.1 Å². The summed E-state index contributed by atoms with van der Waals surface area (Å²) in [6, 6.07) is 1.86. The van der Waals surface area contributed by atoms with Crippen molar-refractivity contribution in [1.29, 1.82) is 0 Å². The first-order valence-electron chi connectivity index (χ1n) is 6.67. The molecule has 1 saturated heterocycles. The van der Waals surface area contributed by atoms with Crippen molar-refractivity contribution in [3.05, 3.63) is 34.5 Å². The molecule has 1 atom stereocenters. The maximum atomic E-state index is 12.4. The number of hydrogen-bond donors (Lipinski definition) is 1. The van der Waals surface area contributed by atoms with Crippen LogP contribution in [0.4, 0.5) is 0 Å². The Morgan fingerprint density at radius 1 is 1.43 bits per heavy atom. The maximum Gasteiger partial charge on any atom is 0.288 e. The number of nitrogens with two attached hydrogens (primary N) is 1. The molecule has 2 amide bonds. The summed E-state index contributed by atoms with van der Waals surface area (Å²) >= 11 is 1.51. The lowest BCUT2D eigenvalue weighted by molar-refractivity contribution is 0.0672. The number of primary amides is 1. The van der Waals surface area contributed by atoms with Crippen LogP contribution >= 0.6 is 11.3 Å². The fourth-order valence-corrected chi connectivity index (χ4v) is 3.12. The lowest BCUT2D eigenvalue weighted by Crippen LogP contribution is -2.40. The second-order valence-electron chi connectivity index (χ2n) is 4.97. The van der Waals surface area contributed by atoms with E-state index in [0.29, 0.717) is 6.54 Å². The molecule has 3 rings (SSSR count). The minimum atomic E-state index is -0.643. The largest absolute Gasteiger partial charge is 0.363 e. The fourth-order valence-electron chi connectivity index (χ4n) is 2.49. The van der Waals surface area contributed by atoms with Crippen LogP contribution in [0, 0.1) is 0 Å². The fraction of sp³-hybridized carbons (Fsp3) is 0.385. The van der Waals surface area contributed by atoms with E-state index in [1.807, 2.05) is 21.7 Å². The molecule has 8 heteroatoms. The van der Waals surface area contributed by atoms with Gasteiger partial charge in [0, 0.05) is 18.5 Å². The van der Waals surface area contributed by atoms with E-state index in [1.54, 1.807) is 4.68 Å². The summed E-state index contributed by atoms with van der Waals surface area (Å²) < 4.78 is 1.63. The van der Waals surface area contributed by atoms with Gasteiger partial charge in [0.25, 0.3) is 11.8 Å². The van der Waals surface area contributed by atoms with Gasteiger partial charge in [0.05, 0.1) is 11.6 Å². The zero-order valence-corrected chi connectivity index (χ0v) is 12.1. The van der Waals surface area contributed by atoms with Crippen LogP contribution < -0.4 is 5.73 Å². The van der Waals surface area contributed by atoms with Gasteiger partial charge < -0.3 is 10.6 Å². The second kappa shape index (κ2) is 5.65. The highest BCUT2D eigenvalue weighted by atomic mass is 32.1. The summed E-state index contributed by atoms with van der Waals surface area (Å²) in [7, 11) is 0. The molecule has 0 unspecified atom stereocenters. The molecule has 21 heavy (non-hydrogen) atoms. The molecule has 0 bridgehead atoms. The number of likely N-dealkylation sites (tertiary alicyclic amines) is 1. The highest BCUT2D eigenvalue weighted by Gasteiger charge is 2.26. The van der Waals surface area contributed by atoms with Gasteiger partial charge in [0.15, 0.2) is 0 Å². The van der Waals surface area contributed by atoms with Gasteiger partial charge in [-0.1, -0.05) is 0 Å². The third-order valence-electron chi connectivity index (χ3n) is 3.55. The van der Waals surface area contributed by atoms with Crippen LogP contribution in [0.25, 0.3) is 0 Å². The monoisotopic (exact) mass is 305 g/mol. The number of nitrogens with zero attached hydrogens (tertiary/aromatic N) is 4. The van der Waals surface area contributed by atoms with Gasteiger partial charge in [-0.25, -0.2) is 9.67 Å². The van der Waals surface area contributed by atoms with Crippen molar-refractivity contribution in [2.45, 2.75) is 18.9 Å². The van der Waals surface area contributed by atoms with Crippen LogP contribution in [0.5, 0.6) is 0 Å². The van der Waals surface area contributed by atoms with Crippen molar-refractivity contribution in [3.8, 4) is 0 Å². The number of hydrogen-bond acceptors (Lipinski definition) is 5. The van der Waals surface area contributed by atoms with Crippen LogP contribution in [0.3, 0.4) is 0 Å². The van der Waals surface area contributed by atoms with E-state index in [1.165, 1.54) is 17.7 Å². The van der Waals surface area contributed by atoms with Gasteiger partial charge in [0.1, 0.15) is 6.33 Å². The van der Waals surface area contributed by atoms with Crippen molar-refractivity contribution in [1.82, 2.24) is 19.7 Å². The smallest absolute Gasteiger partial charge is 0.288 e. The lowest BCUT2D eigenvalue weighted by Gasteiger charge is -2.32. The standard InChI is InChI=1S/C13H15N5O2S/c14-11(19)12-15-8-18(16-12)10-2-1-4-17(6-10)13(20)9-3-5-21-7-9/h3,5,7-8,10H,1-2,4,6H2,(H2,14,19)/t10-/m0/s1. The molecular formula is C13H15N5O2S. The van der Waals surface area contributed by atoms with Gasteiger partial charge in [-0.05, 0) is 24.3 Å². The zero-order chi connectivity index (χ0) is 14.8. The van der Waals surface area contributed by atoms with Crippen LogP contribution in [-0.4, -0.2) is 44.6 Å². The van der Waals surface area contributed by atoms with E-state index in [4.69, 9.17) is 5.73 Å². The normalized spacial score (nSPS) is 18.7. The predicted molar refractivity (Wildman–Crippen MR) is 77.0 cm³/mol. The van der Waals surface area contributed by atoms with Gasteiger partial charge >= 0.3 is 0 Å². The van der Waals surface area contributed by atoms with E-state index >= 15 is 0 Å². The van der Waals surface area contributed by atoms with Crippen molar-refractivity contribution in [3.63, 3.8) is 0 Å². The van der Waals surface area contributed by atoms with Gasteiger partial charge in [-0.2, -0.15) is 11.3 Å². The number of rotatable bonds is 3. The zero-order valence-electron chi connectivity index (χ0n) is 11.3. The number of carbonyl (C=O) groups excluding carboxylic acids is 2. The number of amides is 2. The van der Waals surface area contributed by atoms with Crippen LogP contribution in [0.1, 0.15) is 39.9 Å². The predicted octanol–water partition coefficient (Wildman–Crippen LogP) is 0.916. The molecule has 7 nitrogen and oxygen atoms in total. The summed E-state index contributed by atoms with van der Waals surface area (Å²) in [6.07, 6.45) is 3.30. The molecule has 0 radical (unpaired) electrons. The Bertz CT molecular complexity index is 651. The van der Waals surface area contributed by atoms with Crippen LogP contribution in [0.15, 0.2) is 23.2 Å². The summed E-state index contributed by atoms with van der Waals surface area (Å²) in [5.74, 6) is -0.594. The number of aromatic nitrogens is 3. The highest BCUT2D eigenvalue weighted by Crippen LogP contribution is 2.22. The van der Waals surface area contributed by atoms with E-state index in [-0.39, 0.29) is 17.8 Å².